The van der Waals surface area contributed by atoms with Crippen LogP contribution in [0.1, 0.15) is 38.9 Å². The first-order valence-electron chi connectivity index (χ1n) is 6.73. The number of hydrogen-bond donors (Lipinski definition) is 1. The number of rotatable bonds is 4. The van der Waals surface area contributed by atoms with Crippen LogP contribution in [0.4, 0.5) is 0 Å². The van der Waals surface area contributed by atoms with Crippen molar-refractivity contribution in [2.24, 2.45) is 18.9 Å². The van der Waals surface area contributed by atoms with Crippen LogP contribution < -0.4 is 5.32 Å². The van der Waals surface area contributed by atoms with Crippen molar-refractivity contribution in [3.05, 3.63) is 12.2 Å². The Hall–Kier alpha value is -0.900. The summed E-state index contributed by atoms with van der Waals surface area (Å²) < 4.78 is 1.76. The Morgan fingerprint density at radius 1 is 1.41 bits per heavy atom. The molecule has 17 heavy (non-hydrogen) atoms. The van der Waals surface area contributed by atoms with E-state index in [4.69, 9.17) is 0 Å². The zero-order valence-corrected chi connectivity index (χ0v) is 11.2. The minimum absolute atomic E-state index is 0.683. The summed E-state index contributed by atoms with van der Waals surface area (Å²) in [4.78, 5) is 4.24. The predicted octanol–water partition coefficient (Wildman–Crippen LogP) is 1.77. The van der Waals surface area contributed by atoms with E-state index in [1.807, 2.05) is 7.05 Å². The number of nitrogens with one attached hydrogen (secondary N) is 1. The van der Waals surface area contributed by atoms with Crippen LogP contribution in [0.25, 0.3) is 0 Å². The fourth-order valence-corrected chi connectivity index (χ4v) is 2.68. The maximum atomic E-state index is 4.29. The molecule has 1 fully saturated rings. The third kappa shape index (κ3) is 3.53. The van der Waals surface area contributed by atoms with Crippen molar-refractivity contribution in [2.45, 2.75) is 45.6 Å². The molecule has 0 saturated heterocycles. The van der Waals surface area contributed by atoms with E-state index in [2.05, 4.69) is 29.2 Å². The Bertz CT molecular complexity index is 347. The van der Waals surface area contributed by atoms with Crippen molar-refractivity contribution in [1.82, 2.24) is 20.1 Å². The van der Waals surface area contributed by atoms with Gasteiger partial charge in [-0.2, -0.15) is 5.10 Å². The van der Waals surface area contributed by atoms with E-state index in [9.17, 15) is 0 Å². The molecule has 4 heteroatoms. The van der Waals surface area contributed by atoms with Crippen LogP contribution in [0, 0.1) is 11.8 Å². The summed E-state index contributed by atoms with van der Waals surface area (Å²) in [6.45, 7) is 5.72. The Morgan fingerprint density at radius 2 is 2.24 bits per heavy atom. The van der Waals surface area contributed by atoms with Gasteiger partial charge in [0.2, 0.25) is 0 Å². The average molecular weight is 236 g/mol. The lowest BCUT2D eigenvalue weighted by Crippen LogP contribution is -2.40. The normalized spacial score (nSPS) is 29.5. The van der Waals surface area contributed by atoms with Crippen LogP contribution in [0.5, 0.6) is 0 Å². The van der Waals surface area contributed by atoms with Crippen LogP contribution in [-0.4, -0.2) is 27.4 Å². The SMILES string of the molecule is CC1CCC(C)C(NCCc2ncn(C)n2)C1. The van der Waals surface area contributed by atoms with Gasteiger partial charge < -0.3 is 5.32 Å². The highest BCUT2D eigenvalue weighted by Gasteiger charge is 2.24. The Morgan fingerprint density at radius 3 is 2.94 bits per heavy atom. The van der Waals surface area contributed by atoms with E-state index < -0.39 is 0 Å². The minimum atomic E-state index is 0.683. The monoisotopic (exact) mass is 236 g/mol. The zero-order chi connectivity index (χ0) is 12.3. The molecule has 0 aromatic carbocycles. The number of aromatic nitrogens is 3. The molecule has 0 amide bonds. The molecule has 1 heterocycles. The highest BCUT2D eigenvalue weighted by molar-refractivity contribution is 4.85. The lowest BCUT2D eigenvalue weighted by atomic mass is 9.80. The lowest BCUT2D eigenvalue weighted by molar-refractivity contribution is 0.229. The third-order valence-corrected chi connectivity index (χ3v) is 3.86. The summed E-state index contributed by atoms with van der Waals surface area (Å²) in [5.41, 5.74) is 0. The topological polar surface area (TPSA) is 42.7 Å². The molecular weight excluding hydrogens is 212 g/mol. The van der Waals surface area contributed by atoms with Gasteiger partial charge in [-0.3, -0.25) is 4.68 Å². The predicted molar refractivity (Wildman–Crippen MR) is 68.7 cm³/mol. The second-order valence-electron chi connectivity index (χ2n) is 5.54. The third-order valence-electron chi connectivity index (χ3n) is 3.86. The molecule has 1 N–H and O–H groups in total. The molecule has 4 nitrogen and oxygen atoms in total. The first kappa shape index (κ1) is 12.6. The second kappa shape index (κ2) is 5.63. The Balaban J connectivity index is 1.74. The van der Waals surface area contributed by atoms with E-state index >= 15 is 0 Å². The van der Waals surface area contributed by atoms with Gasteiger partial charge in [-0.25, -0.2) is 4.98 Å². The first-order valence-corrected chi connectivity index (χ1v) is 6.73. The smallest absolute Gasteiger partial charge is 0.151 e. The fraction of sp³-hybridized carbons (Fsp3) is 0.846. The van der Waals surface area contributed by atoms with Crippen molar-refractivity contribution in [2.75, 3.05) is 6.54 Å². The van der Waals surface area contributed by atoms with Crippen molar-refractivity contribution in [3.63, 3.8) is 0 Å². The summed E-state index contributed by atoms with van der Waals surface area (Å²) in [6, 6.07) is 0.683. The molecule has 0 bridgehead atoms. The molecule has 2 rings (SSSR count). The van der Waals surface area contributed by atoms with Gasteiger partial charge >= 0.3 is 0 Å². The van der Waals surface area contributed by atoms with Gasteiger partial charge in [0, 0.05) is 26.1 Å². The molecule has 1 saturated carbocycles. The van der Waals surface area contributed by atoms with Crippen LogP contribution >= 0.6 is 0 Å². The minimum Gasteiger partial charge on any atom is -0.313 e. The molecule has 96 valence electrons. The number of hydrogen-bond acceptors (Lipinski definition) is 3. The number of nitrogens with zero attached hydrogens (tertiary/aromatic N) is 3. The van der Waals surface area contributed by atoms with Crippen LogP contribution in [-0.2, 0) is 13.5 Å². The van der Waals surface area contributed by atoms with Gasteiger partial charge in [0.25, 0.3) is 0 Å². The summed E-state index contributed by atoms with van der Waals surface area (Å²) in [5, 5.41) is 7.96. The van der Waals surface area contributed by atoms with E-state index in [-0.39, 0.29) is 0 Å². The average Bonchev–Trinajstić information content (AvgIpc) is 2.69. The van der Waals surface area contributed by atoms with Crippen molar-refractivity contribution >= 4 is 0 Å². The molecule has 0 spiro atoms. The van der Waals surface area contributed by atoms with Crippen LogP contribution in [0.3, 0.4) is 0 Å². The summed E-state index contributed by atoms with van der Waals surface area (Å²) >= 11 is 0. The summed E-state index contributed by atoms with van der Waals surface area (Å²) in [6.07, 6.45) is 6.76. The summed E-state index contributed by atoms with van der Waals surface area (Å²) in [7, 11) is 1.91. The zero-order valence-electron chi connectivity index (χ0n) is 11.2. The van der Waals surface area contributed by atoms with Gasteiger partial charge in [0.05, 0.1) is 0 Å². The van der Waals surface area contributed by atoms with E-state index in [0.29, 0.717) is 6.04 Å². The molecule has 1 aliphatic rings. The molecule has 1 aliphatic carbocycles. The van der Waals surface area contributed by atoms with Crippen molar-refractivity contribution in [1.29, 1.82) is 0 Å². The largest absolute Gasteiger partial charge is 0.313 e. The van der Waals surface area contributed by atoms with E-state index in [1.165, 1.54) is 19.3 Å². The first-order chi connectivity index (χ1) is 8.15. The molecular formula is C13H24N4. The quantitative estimate of drug-likeness (QED) is 0.866. The highest BCUT2D eigenvalue weighted by atomic mass is 15.3. The molecule has 3 atom stereocenters. The van der Waals surface area contributed by atoms with E-state index in [0.717, 1.165) is 30.6 Å². The van der Waals surface area contributed by atoms with Crippen LogP contribution in [0.15, 0.2) is 6.33 Å². The lowest BCUT2D eigenvalue weighted by Gasteiger charge is -2.33. The second-order valence-corrected chi connectivity index (χ2v) is 5.54. The molecule has 1 aromatic rings. The van der Waals surface area contributed by atoms with E-state index in [1.54, 1.807) is 11.0 Å². The van der Waals surface area contributed by atoms with Gasteiger partial charge in [0.15, 0.2) is 5.82 Å². The fourth-order valence-electron chi connectivity index (χ4n) is 2.68. The molecule has 1 aromatic heterocycles. The maximum Gasteiger partial charge on any atom is 0.151 e. The Labute approximate surface area is 104 Å². The van der Waals surface area contributed by atoms with Crippen molar-refractivity contribution in [3.8, 4) is 0 Å². The van der Waals surface area contributed by atoms with Gasteiger partial charge in [-0.15, -0.1) is 0 Å². The van der Waals surface area contributed by atoms with Gasteiger partial charge in [-0.1, -0.05) is 20.3 Å². The molecule has 0 aliphatic heterocycles. The standard InChI is InChI=1S/C13H24N4/c1-10-4-5-11(2)12(8-10)14-7-6-13-15-9-17(3)16-13/h9-12,14H,4-8H2,1-3H3. The Kier molecular flexibility index (Phi) is 4.15. The van der Waals surface area contributed by atoms with Gasteiger partial charge in [0.1, 0.15) is 6.33 Å². The maximum absolute atomic E-state index is 4.29. The summed E-state index contributed by atoms with van der Waals surface area (Å²) in [5.74, 6) is 2.62. The number of aryl methyl sites for hydroxylation is 1. The highest BCUT2D eigenvalue weighted by Crippen LogP contribution is 2.28. The van der Waals surface area contributed by atoms with Crippen molar-refractivity contribution < 1.29 is 0 Å². The molecule has 0 radical (unpaired) electrons. The van der Waals surface area contributed by atoms with Crippen LogP contribution in [0.2, 0.25) is 0 Å². The van der Waals surface area contributed by atoms with Gasteiger partial charge in [-0.05, 0) is 24.7 Å². The molecule has 3 unspecified atom stereocenters.